The molecule has 0 spiro atoms. The number of aromatic hydroxyl groups is 1. The number of phenols is 1. The van der Waals surface area contributed by atoms with Crippen LogP contribution in [0, 0.1) is 11.3 Å². The second-order valence-electron chi connectivity index (χ2n) is 4.03. The first kappa shape index (κ1) is 10.4. The molecule has 0 saturated carbocycles. The minimum atomic E-state index is 0.156. The van der Waals surface area contributed by atoms with E-state index in [0.29, 0.717) is 11.1 Å². The van der Waals surface area contributed by atoms with Gasteiger partial charge in [-0.05, 0) is 17.5 Å². The first-order chi connectivity index (χ1) is 7.65. The lowest BCUT2D eigenvalue weighted by Crippen LogP contribution is -1.96. The van der Waals surface area contributed by atoms with Gasteiger partial charge in [0.15, 0.2) is 0 Å². The minimum Gasteiger partial charge on any atom is -0.506 e. The summed E-state index contributed by atoms with van der Waals surface area (Å²) < 4.78 is 0. The van der Waals surface area contributed by atoms with Gasteiger partial charge in [0.25, 0.3) is 0 Å². The van der Waals surface area contributed by atoms with Crippen molar-refractivity contribution in [3.63, 3.8) is 0 Å². The van der Waals surface area contributed by atoms with Crippen molar-refractivity contribution in [2.24, 2.45) is 0 Å². The standard InChI is InChI=1S/C13H12N2O/c1-8(2)12-9(6-14)7-15-13-10(12)4-3-5-11(13)16/h3-5,7-8,16H,1-2H3. The van der Waals surface area contributed by atoms with E-state index >= 15 is 0 Å². The van der Waals surface area contributed by atoms with Crippen LogP contribution in [0.2, 0.25) is 0 Å². The zero-order valence-corrected chi connectivity index (χ0v) is 9.23. The Morgan fingerprint density at radius 2 is 2.12 bits per heavy atom. The molecule has 0 aliphatic heterocycles. The number of rotatable bonds is 1. The SMILES string of the molecule is CC(C)c1c(C#N)cnc2c(O)cccc12. The predicted molar refractivity (Wildman–Crippen MR) is 62.2 cm³/mol. The molecule has 16 heavy (non-hydrogen) atoms. The lowest BCUT2D eigenvalue weighted by Gasteiger charge is -2.11. The maximum Gasteiger partial charge on any atom is 0.141 e. The van der Waals surface area contributed by atoms with Crippen LogP contribution in [0.5, 0.6) is 5.75 Å². The molecule has 0 amide bonds. The van der Waals surface area contributed by atoms with E-state index in [1.165, 1.54) is 6.20 Å². The van der Waals surface area contributed by atoms with Crippen LogP contribution >= 0.6 is 0 Å². The van der Waals surface area contributed by atoms with Gasteiger partial charge in [0.2, 0.25) is 0 Å². The summed E-state index contributed by atoms with van der Waals surface area (Å²) in [7, 11) is 0. The molecule has 1 aromatic heterocycles. The molecule has 0 unspecified atom stereocenters. The monoisotopic (exact) mass is 212 g/mol. The molecule has 80 valence electrons. The highest BCUT2D eigenvalue weighted by atomic mass is 16.3. The Bertz CT molecular complexity index is 582. The molecule has 1 heterocycles. The van der Waals surface area contributed by atoms with Crippen molar-refractivity contribution in [1.82, 2.24) is 4.98 Å². The maximum absolute atomic E-state index is 9.70. The van der Waals surface area contributed by atoms with Crippen LogP contribution in [0.4, 0.5) is 0 Å². The molecule has 3 heteroatoms. The Labute approximate surface area is 94.0 Å². The van der Waals surface area contributed by atoms with Gasteiger partial charge in [-0.2, -0.15) is 5.26 Å². The van der Waals surface area contributed by atoms with Crippen molar-refractivity contribution >= 4 is 10.9 Å². The summed E-state index contributed by atoms with van der Waals surface area (Å²) in [6, 6.07) is 7.40. The normalized spacial score (nSPS) is 10.6. The van der Waals surface area contributed by atoms with Gasteiger partial charge in [-0.15, -0.1) is 0 Å². The Kier molecular flexibility index (Phi) is 2.49. The number of nitriles is 1. The Morgan fingerprint density at radius 1 is 1.38 bits per heavy atom. The van der Waals surface area contributed by atoms with Crippen LogP contribution in [-0.2, 0) is 0 Å². The van der Waals surface area contributed by atoms with Crippen molar-refractivity contribution in [2.45, 2.75) is 19.8 Å². The quantitative estimate of drug-likeness (QED) is 0.790. The third-order valence-corrected chi connectivity index (χ3v) is 2.62. The largest absolute Gasteiger partial charge is 0.506 e. The number of hydrogen-bond acceptors (Lipinski definition) is 3. The van der Waals surface area contributed by atoms with Crippen LogP contribution in [0.25, 0.3) is 10.9 Å². The molecule has 0 radical (unpaired) electrons. The van der Waals surface area contributed by atoms with E-state index in [0.717, 1.165) is 10.9 Å². The van der Waals surface area contributed by atoms with E-state index in [1.807, 2.05) is 19.9 Å². The lowest BCUT2D eigenvalue weighted by molar-refractivity contribution is 0.480. The van der Waals surface area contributed by atoms with Gasteiger partial charge in [0.05, 0.1) is 5.56 Å². The van der Waals surface area contributed by atoms with E-state index in [9.17, 15) is 5.11 Å². The van der Waals surface area contributed by atoms with Crippen molar-refractivity contribution in [3.05, 3.63) is 35.5 Å². The molecule has 0 bridgehead atoms. The number of benzene rings is 1. The molecule has 1 N–H and O–H groups in total. The summed E-state index contributed by atoms with van der Waals surface area (Å²) in [4.78, 5) is 4.12. The summed E-state index contributed by atoms with van der Waals surface area (Å²) in [6.45, 7) is 4.05. The molecular formula is C13H12N2O. The van der Waals surface area contributed by atoms with Crippen LogP contribution in [0.3, 0.4) is 0 Å². The zero-order valence-electron chi connectivity index (χ0n) is 9.23. The third kappa shape index (κ3) is 1.49. The molecule has 0 fully saturated rings. The molecule has 2 aromatic rings. The average molecular weight is 212 g/mol. The minimum absolute atomic E-state index is 0.156. The highest BCUT2D eigenvalue weighted by molar-refractivity contribution is 5.88. The fourth-order valence-electron chi connectivity index (χ4n) is 1.94. The second kappa shape index (κ2) is 3.82. The van der Waals surface area contributed by atoms with Crippen LogP contribution in [0.1, 0.15) is 30.9 Å². The molecule has 0 saturated heterocycles. The van der Waals surface area contributed by atoms with E-state index < -0.39 is 0 Å². The first-order valence-corrected chi connectivity index (χ1v) is 5.16. The number of nitrogens with zero attached hydrogens (tertiary/aromatic N) is 2. The number of para-hydroxylation sites is 1. The molecule has 0 aliphatic rings. The smallest absolute Gasteiger partial charge is 0.141 e. The number of fused-ring (bicyclic) bond motifs is 1. The number of pyridine rings is 1. The van der Waals surface area contributed by atoms with Gasteiger partial charge in [-0.3, -0.25) is 4.98 Å². The molecular weight excluding hydrogens is 200 g/mol. The average Bonchev–Trinajstić information content (AvgIpc) is 2.27. The van der Waals surface area contributed by atoms with Crippen LogP contribution in [-0.4, -0.2) is 10.1 Å². The number of hydrogen-bond donors (Lipinski definition) is 1. The lowest BCUT2D eigenvalue weighted by atomic mass is 9.94. The fourth-order valence-corrected chi connectivity index (χ4v) is 1.94. The van der Waals surface area contributed by atoms with Gasteiger partial charge < -0.3 is 5.11 Å². The topological polar surface area (TPSA) is 56.9 Å². The van der Waals surface area contributed by atoms with Gasteiger partial charge in [0, 0.05) is 11.6 Å². The Morgan fingerprint density at radius 3 is 2.75 bits per heavy atom. The van der Waals surface area contributed by atoms with Crippen molar-refractivity contribution in [1.29, 1.82) is 5.26 Å². The Balaban J connectivity index is 2.91. The summed E-state index contributed by atoms with van der Waals surface area (Å²) in [6.07, 6.45) is 1.53. The summed E-state index contributed by atoms with van der Waals surface area (Å²) >= 11 is 0. The zero-order chi connectivity index (χ0) is 11.7. The fraction of sp³-hybridized carbons (Fsp3) is 0.231. The van der Waals surface area contributed by atoms with E-state index in [2.05, 4.69) is 11.1 Å². The molecule has 0 aliphatic carbocycles. The first-order valence-electron chi connectivity index (χ1n) is 5.16. The molecule has 1 aromatic carbocycles. The molecule has 0 atom stereocenters. The van der Waals surface area contributed by atoms with E-state index in [1.54, 1.807) is 12.1 Å². The van der Waals surface area contributed by atoms with Crippen LogP contribution < -0.4 is 0 Å². The number of phenolic OH excluding ortho intramolecular Hbond substituents is 1. The third-order valence-electron chi connectivity index (χ3n) is 2.62. The van der Waals surface area contributed by atoms with E-state index in [-0.39, 0.29) is 11.7 Å². The highest BCUT2D eigenvalue weighted by Crippen LogP contribution is 2.31. The molecule has 3 nitrogen and oxygen atoms in total. The van der Waals surface area contributed by atoms with Crippen molar-refractivity contribution < 1.29 is 5.11 Å². The van der Waals surface area contributed by atoms with Gasteiger partial charge in [-0.25, -0.2) is 0 Å². The van der Waals surface area contributed by atoms with Crippen molar-refractivity contribution in [2.75, 3.05) is 0 Å². The Hall–Kier alpha value is -2.08. The second-order valence-corrected chi connectivity index (χ2v) is 4.03. The predicted octanol–water partition coefficient (Wildman–Crippen LogP) is 2.94. The highest BCUT2D eigenvalue weighted by Gasteiger charge is 2.13. The van der Waals surface area contributed by atoms with Crippen LogP contribution in [0.15, 0.2) is 24.4 Å². The van der Waals surface area contributed by atoms with Gasteiger partial charge in [0.1, 0.15) is 17.3 Å². The summed E-state index contributed by atoms with van der Waals surface area (Å²) in [5, 5.41) is 19.6. The summed E-state index contributed by atoms with van der Waals surface area (Å²) in [5.41, 5.74) is 2.08. The molecule has 2 rings (SSSR count). The van der Waals surface area contributed by atoms with Gasteiger partial charge in [-0.1, -0.05) is 26.0 Å². The summed E-state index contributed by atoms with van der Waals surface area (Å²) in [5.74, 6) is 0.380. The van der Waals surface area contributed by atoms with Crippen molar-refractivity contribution in [3.8, 4) is 11.8 Å². The number of aromatic nitrogens is 1. The van der Waals surface area contributed by atoms with Gasteiger partial charge >= 0.3 is 0 Å². The van der Waals surface area contributed by atoms with E-state index in [4.69, 9.17) is 5.26 Å². The maximum atomic E-state index is 9.70.